The van der Waals surface area contributed by atoms with Crippen molar-refractivity contribution in [2.45, 2.75) is 19.4 Å². The summed E-state index contributed by atoms with van der Waals surface area (Å²) < 4.78 is 2.15. The van der Waals surface area contributed by atoms with E-state index in [1.807, 2.05) is 24.3 Å². The third kappa shape index (κ3) is 2.20. The van der Waals surface area contributed by atoms with Crippen LogP contribution in [0.4, 0.5) is 0 Å². The van der Waals surface area contributed by atoms with E-state index in [0.717, 1.165) is 35.2 Å². The van der Waals surface area contributed by atoms with Crippen LogP contribution < -0.4 is 5.73 Å². The maximum Gasteiger partial charge on any atom is 0.265 e. The fraction of sp³-hybridized carbons (Fsp3) is 0.526. The molecule has 4 nitrogen and oxygen atoms in total. The van der Waals surface area contributed by atoms with Gasteiger partial charge >= 0.3 is 0 Å². The fourth-order valence-electron chi connectivity index (χ4n) is 5.66. The van der Waals surface area contributed by atoms with Crippen molar-refractivity contribution in [3.63, 3.8) is 0 Å². The Balaban J connectivity index is 1.54. The molecule has 2 aromatic rings. The Labute approximate surface area is 146 Å². The van der Waals surface area contributed by atoms with Gasteiger partial charge in [-0.25, -0.2) is 0 Å². The van der Waals surface area contributed by atoms with E-state index in [9.17, 15) is 4.79 Å². The number of hydrogen-bond acceptors (Lipinski definition) is 2. The molecule has 5 heteroatoms. The summed E-state index contributed by atoms with van der Waals surface area (Å²) in [6.07, 6.45) is 2.71. The topological polar surface area (TPSA) is 51.3 Å². The zero-order chi connectivity index (χ0) is 16.4. The van der Waals surface area contributed by atoms with E-state index in [2.05, 4.69) is 9.47 Å². The van der Waals surface area contributed by atoms with Gasteiger partial charge in [-0.3, -0.25) is 4.79 Å². The zero-order valence-electron chi connectivity index (χ0n) is 13.6. The summed E-state index contributed by atoms with van der Waals surface area (Å²) in [7, 11) is 0. The van der Waals surface area contributed by atoms with Crippen molar-refractivity contribution in [2.75, 3.05) is 19.6 Å². The molecule has 3 saturated heterocycles. The summed E-state index contributed by atoms with van der Waals surface area (Å²) in [6.45, 7) is 4.67. The van der Waals surface area contributed by atoms with E-state index in [1.165, 1.54) is 32.5 Å². The molecule has 1 saturated carbocycles. The minimum atomic E-state index is -0.352. The third-order valence-corrected chi connectivity index (χ3v) is 6.73. The lowest BCUT2D eigenvalue weighted by atomic mass is 9.62. The molecule has 3 aliphatic heterocycles. The first-order valence-corrected chi connectivity index (χ1v) is 9.27. The van der Waals surface area contributed by atoms with Crippen LogP contribution in [0.25, 0.3) is 10.9 Å². The van der Waals surface area contributed by atoms with Gasteiger partial charge in [-0.1, -0.05) is 11.6 Å². The van der Waals surface area contributed by atoms with Gasteiger partial charge in [0.1, 0.15) is 5.69 Å². The first kappa shape index (κ1) is 14.8. The summed E-state index contributed by atoms with van der Waals surface area (Å²) in [5, 5.41) is 1.70. The molecule has 0 radical (unpaired) electrons. The van der Waals surface area contributed by atoms with Gasteiger partial charge in [0, 0.05) is 42.1 Å². The van der Waals surface area contributed by atoms with Gasteiger partial charge in [0.25, 0.3) is 5.91 Å². The van der Waals surface area contributed by atoms with Crippen LogP contribution in [-0.2, 0) is 6.54 Å². The normalized spacial score (nSPS) is 34.1. The van der Waals surface area contributed by atoms with Crippen LogP contribution in [0.5, 0.6) is 0 Å². The van der Waals surface area contributed by atoms with Gasteiger partial charge in [0.2, 0.25) is 0 Å². The molecule has 6 rings (SSSR count). The Hall–Kier alpha value is -1.52. The minimum absolute atomic E-state index is 0.352. The van der Waals surface area contributed by atoms with Crippen molar-refractivity contribution in [3.05, 3.63) is 35.0 Å². The van der Waals surface area contributed by atoms with Crippen LogP contribution in [-0.4, -0.2) is 35.0 Å². The molecule has 4 bridgehead atoms. The second kappa shape index (κ2) is 5.24. The number of amides is 1. The first-order chi connectivity index (χ1) is 11.6. The molecule has 1 aliphatic carbocycles. The molecule has 1 aromatic carbocycles. The van der Waals surface area contributed by atoms with Crippen LogP contribution in [0, 0.1) is 23.7 Å². The molecule has 2 N–H and O–H groups in total. The molecular weight excluding hydrogens is 322 g/mol. The molecule has 4 fully saturated rings. The number of fused-ring (bicyclic) bond motifs is 1. The highest BCUT2D eigenvalue weighted by atomic mass is 35.5. The molecule has 24 heavy (non-hydrogen) atoms. The number of rotatable bonds is 3. The SMILES string of the molecule is NC(=O)c1cc2cc(Cl)ccc2n1CC1[C@H]2CC3C[C@H]1CN(C3)C2. The standard InChI is InChI=1S/C19H22ClN3O/c20-15-1-2-17-12(5-15)6-18(19(21)24)23(17)10-16-13-3-11-4-14(16)9-22(7-11)8-13/h1-2,5-6,11,13-14,16H,3-4,7-10H2,(H2,21,24)/t11?,13-,14-,16?/m0/s1. The second-order valence-corrected chi connectivity index (χ2v) is 8.38. The predicted molar refractivity (Wildman–Crippen MR) is 95.1 cm³/mol. The smallest absolute Gasteiger partial charge is 0.265 e. The number of piperidine rings is 3. The summed E-state index contributed by atoms with van der Waals surface area (Å²) >= 11 is 6.12. The number of halogens is 1. The number of nitrogens with two attached hydrogens (primary N) is 1. The van der Waals surface area contributed by atoms with Gasteiger partial charge in [0.15, 0.2) is 0 Å². The maximum atomic E-state index is 12.0. The number of hydrogen-bond donors (Lipinski definition) is 1. The van der Waals surface area contributed by atoms with E-state index >= 15 is 0 Å². The Morgan fingerprint density at radius 1 is 1.17 bits per heavy atom. The lowest BCUT2D eigenvalue weighted by Crippen LogP contribution is -2.58. The Kier molecular flexibility index (Phi) is 3.23. The number of carbonyl (C=O) groups is 1. The fourth-order valence-corrected chi connectivity index (χ4v) is 5.84. The third-order valence-electron chi connectivity index (χ3n) is 6.49. The molecule has 1 amide bonds. The van der Waals surface area contributed by atoms with Crippen molar-refractivity contribution in [1.82, 2.24) is 9.47 Å². The minimum Gasteiger partial charge on any atom is -0.364 e. The van der Waals surface area contributed by atoms with Crippen LogP contribution >= 0.6 is 11.6 Å². The molecule has 4 heterocycles. The monoisotopic (exact) mass is 343 g/mol. The molecule has 0 unspecified atom stereocenters. The van der Waals surface area contributed by atoms with E-state index in [4.69, 9.17) is 17.3 Å². The summed E-state index contributed by atoms with van der Waals surface area (Å²) in [6, 6.07) is 7.73. The average Bonchev–Trinajstić information content (AvgIpc) is 2.88. The Morgan fingerprint density at radius 3 is 2.58 bits per heavy atom. The van der Waals surface area contributed by atoms with Crippen molar-refractivity contribution in [1.29, 1.82) is 0 Å². The van der Waals surface area contributed by atoms with Crippen LogP contribution in [0.15, 0.2) is 24.3 Å². The Morgan fingerprint density at radius 2 is 1.92 bits per heavy atom. The highest BCUT2D eigenvalue weighted by Crippen LogP contribution is 2.48. The van der Waals surface area contributed by atoms with E-state index in [-0.39, 0.29) is 5.91 Å². The van der Waals surface area contributed by atoms with E-state index < -0.39 is 0 Å². The number of primary amides is 1. The van der Waals surface area contributed by atoms with Crippen molar-refractivity contribution < 1.29 is 4.79 Å². The molecule has 126 valence electrons. The lowest BCUT2D eigenvalue weighted by Gasteiger charge is -2.56. The van der Waals surface area contributed by atoms with Gasteiger partial charge in [0.05, 0.1) is 0 Å². The second-order valence-electron chi connectivity index (χ2n) is 7.95. The van der Waals surface area contributed by atoms with Crippen LogP contribution in [0.2, 0.25) is 5.02 Å². The zero-order valence-corrected chi connectivity index (χ0v) is 14.4. The van der Waals surface area contributed by atoms with Gasteiger partial charge < -0.3 is 15.2 Å². The summed E-state index contributed by atoms with van der Waals surface area (Å²) in [4.78, 5) is 14.6. The van der Waals surface area contributed by atoms with Crippen LogP contribution in [0.3, 0.4) is 0 Å². The first-order valence-electron chi connectivity index (χ1n) is 8.89. The highest BCUT2D eigenvalue weighted by Gasteiger charge is 2.47. The number of nitrogens with zero attached hydrogens (tertiary/aromatic N) is 2. The maximum absolute atomic E-state index is 12.0. The number of benzene rings is 1. The molecule has 2 atom stereocenters. The summed E-state index contributed by atoms with van der Waals surface area (Å²) in [5.74, 6) is 2.73. The van der Waals surface area contributed by atoms with Gasteiger partial charge in [-0.2, -0.15) is 0 Å². The Bertz CT molecular complexity index is 799. The molecule has 1 aromatic heterocycles. The van der Waals surface area contributed by atoms with Crippen molar-refractivity contribution >= 4 is 28.4 Å². The molecule has 4 aliphatic rings. The van der Waals surface area contributed by atoms with Crippen LogP contribution in [0.1, 0.15) is 23.3 Å². The number of carbonyl (C=O) groups excluding carboxylic acids is 1. The highest BCUT2D eigenvalue weighted by molar-refractivity contribution is 6.31. The predicted octanol–water partition coefficient (Wildman–Crippen LogP) is 2.98. The molecule has 0 spiro atoms. The lowest BCUT2D eigenvalue weighted by molar-refractivity contribution is -0.0692. The number of aromatic nitrogens is 1. The van der Waals surface area contributed by atoms with Crippen molar-refractivity contribution in [2.24, 2.45) is 29.4 Å². The van der Waals surface area contributed by atoms with Crippen molar-refractivity contribution in [3.8, 4) is 0 Å². The largest absolute Gasteiger partial charge is 0.364 e. The molecular formula is C19H22ClN3O. The van der Waals surface area contributed by atoms with Gasteiger partial charge in [-0.15, -0.1) is 0 Å². The average molecular weight is 344 g/mol. The van der Waals surface area contributed by atoms with Gasteiger partial charge in [-0.05, 0) is 60.8 Å². The van der Waals surface area contributed by atoms with E-state index in [1.54, 1.807) is 0 Å². The van der Waals surface area contributed by atoms with E-state index in [0.29, 0.717) is 16.6 Å². The quantitative estimate of drug-likeness (QED) is 0.931. The summed E-state index contributed by atoms with van der Waals surface area (Å²) in [5.41, 5.74) is 7.35.